The minimum atomic E-state index is -4.92. The van der Waals surface area contributed by atoms with Crippen LogP contribution in [0.15, 0.2) is 0 Å². The minimum absolute atomic E-state index is 0.455. The van der Waals surface area contributed by atoms with Gasteiger partial charge in [-0.15, -0.1) is 0 Å². The van der Waals surface area contributed by atoms with Crippen molar-refractivity contribution < 1.29 is 27.5 Å². The largest absolute Gasteiger partial charge is 0.471 e. The quantitative estimate of drug-likeness (QED) is 0.724. The minimum Gasteiger partial charge on any atom is -0.428 e. The predicted molar refractivity (Wildman–Crippen MR) is 53.5 cm³/mol. The Morgan fingerprint density at radius 3 is 2.28 bits per heavy atom. The van der Waals surface area contributed by atoms with E-state index < -0.39 is 30.9 Å². The molecule has 0 atom stereocenters. The first-order valence-corrected chi connectivity index (χ1v) is 5.69. The van der Waals surface area contributed by atoms with Gasteiger partial charge in [-0.25, -0.2) is 4.79 Å². The number of ether oxygens (including phenoxy) is 1. The van der Waals surface area contributed by atoms with E-state index >= 15 is 0 Å². The van der Waals surface area contributed by atoms with Gasteiger partial charge >= 0.3 is 18.2 Å². The summed E-state index contributed by atoms with van der Waals surface area (Å²) >= 11 is 0. The van der Waals surface area contributed by atoms with Gasteiger partial charge in [0.2, 0.25) is 0 Å². The molecule has 1 saturated carbocycles. The molecule has 8 heteroatoms. The Kier molecular flexibility index (Phi) is 3.36. The van der Waals surface area contributed by atoms with E-state index in [4.69, 9.17) is 4.74 Å². The van der Waals surface area contributed by atoms with E-state index in [1.165, 1.54) is 4.90 Å². The zero-order valence-electron chi connectivity index (χ0n) is 9.57. The summed E-state index contributed by atoms with van der Waals surface area (Å²) in [6.45, 7) is 0.475. The normalized spacial score (nSPS) is 19.2. The molecule has 0 unspecified atom stereocenters. The number of likely N-dealkylation sites (tertiary alicyclic amines) is 1. The fraction of sp³-hybridized carbons (Fsp3) is 0.800. The van der Waals surface area contributed by atoms with Crippen molar-refractivity contribution >= 4 is 12.0 Å². The van der Waals surface area contributed by atoms with Crippen LogP contribution < -0.4 is 0 Å². The molecule has 1 saturated heterocycles. The Morgan fingerprint density at radius 2 is 1.89 bits per heavy atom. The van der Waals surface area contributed by atoms with Crippen molar-refractivity contribution in [1.29, 1.82) is 0 Å². The average Bonchev–Trinajstić information content (AvgIpc) is 2.97. The predicted octanol–water partition coefficient (Wildman–Crippen LogP) is 1.34. The van der Waals surface area contributed by atoms with Crippen molar-refractivity contribution in [1.82, 2.24) is 9.80 Å². The summed E-state index contributed by atoms with van der Waals surface area (Å²) in [4.78, 5) is 24.4. The van der Waals surface area contributed by atoms with Gasteiger partial charge in [0.25, 0.3) is 0 Å². The summed E-state index contributed by atoms with van der Waals surface area (Å²) in [5.41, 5.74) is 0. The molecule has 18 heavy (non-hydrogen) atoms. The van der Waals surface area contributed by atoms with Gasteiger partial charge in [0.1, 0.15) is 0 Å². The topological polar surface area (TPSA) is 49.9 Å². The van der Waals surface area contributed by atoms with Gasteiger partial charge in [0.15, 0.2) is 6.73 Å². The average molecular weight is 266 g/mol. The summed E-state index contributed by atoms with van der Waals surface area (Å²) in [5, 5.41) is 0. The molecule has 5 nitrogen and oxygen atoms in total. The number of nitrogens with zero attached hydrogens (tertiary/aromatic N) is 2. The maximum Gasteiger partial charge on any atom is 0.471 e. The molecule has 1 aliphatic carbocycles. The van der Waals surface area contributed by atoms with Crippen molar-refractivity contribution in [3.05, 3.63) is 0 Å². The van der Waals surface area contributed by atoms with Gasteiger partial charge < -0.3 is 9.64 Å². The number of hydrogen-bond acceptors (Lipinski definition) is 3. The number of carbonyl (C=O) groups excluding carboxylic acids is 2. The molecule has 0 aromatic heterocycles. The van der Waals surface area contributed by atoms with Crippen LogP contribution in [0.2, 0.25) is 0 Å². The lowest BCUT2D eigenvalue weighted by atomic mass is 10.2. The molecular formula is C10H13F3N2O3. The SMILES string of the molecule is O=C(OCN(C(=O)C(F)(F)F)C1CC1)N1CCC1. The smallest absolute Gasteiger partial charge is 0.428 e. The fourth-order valence-electron chi connectivity index (χ4n) is 1.59. The van der Waals surface area contributed by atoms with Crippen LogP contribution in [-0.2, 0) is 9.53 Å². The monoisotopic (exact) mass is 266 g/mol. The van der Waals surface area contributed by atoms with Gasteiger partial charge in [0.05, 0.1) is 0 Å². The second-order valence-corrected chi connectivity index (χ2v) is 4.38. The third-order valence-electron chi connectivity index (χ3n) is 2.93. The zero-order chi connectivity index (χ0) is 13.3. The van der Waals surface area contributed by atoms with Crippen molar-refractivity contribution in [3.8, 4) is 0 Å². The molecule has 1 heterocycles. The molecule has 0 radical (unpaired) electrons. The molecule has 2 rings (SSSR count). The second kappa shape index (κ2) is 4.66. The van der Waals surface area contributed by atoms with E-state index in [0.717, 1.165) is 6.42 Å². The highest BCUT2D eigenvalue weighted by Gasteiger charge is 2.47. The van der Waals surface area contributed by atoms with E-state index in [2.05, 4.69) is 0 Å². The van der Waals surface area contributed by atoms with Gasteiger partial charge in [-0.1, -0.05) is 0 Å². The Labute approximate surface area is 101 Å². The van der Waals surface area contributed by atoms with Crippen LogP contribution >= 0.6 is 0 Å². The number of amides is 2. The number of alkyl halides is 3. The van der Waals surface area contributed by atoms with Crippen LogP contribution in [0.25, 0.3) is 0 Å². The molecule has 0 aromatic carbocycles. The van der Waals surface area contributed by atoms with Crippen molar-refractivity contribution in [2.75, 3.05) is 19.8 Å². The lowest BCUT2D eigenvalue weighted by Gasteiger charge is -2.31. The molecule has 0 spiro atoms. The Balaban J connectivity index is 1.86. The lowest BCUT2D eigenvalue weighted by Crippen LogP contribution is -2.47. The highest BCUT2D eigenvalue weighted by Crippen LogP contribution is 2.31. The first kappa shape index (κ1) is 13.0. The van der Waals surface area contributed by atoms with Crippen LogP contribution in [0, 0.1) is 0 Å². The van der Waals surface area contributed by atoms with E-state index in [1.807, 2.05) is 0 Å². The molecule has 1 aliphatic heterocycles. The summed E-state index contributed by atoms with van der Waals surface area (Å²) in [7, 11) is 0. The zero-order valence-corrected chi connectivity index (χ0v) is 9.57. The highest BCUT2D eigenvalue weighted by atomic mass is 19.4. The van der Waals surface area contributed by atoms with Gasteiger partial charge in [-0.3, -0.25) is 9.69 Å². The second-order valence-electron chi connectivity index (χ2n) is 4.38. The van der Waals surface area contributed by atoms with E-state index in [-0.39, 0.29) is 0 Å². The Morgan fingerprint density at radius 1 is 1.28 bits per heavy atom. The molecular weight excluding hydrogens is 253 g/mol. The van der Waals surface area contributed by atoms with Crippen LogP contribution in [0.5, 0.6) is 0 Å². The van der Waals surface area contributed by atoms with Gasteiger partial charge in [-0.2, -0.15) is 13.2 Å². The summed E-state index contributed by atoms with van der Waals surface area (Å²) in [6, 6.07) is -0.455. The van der Waals surface area contributed by atoms with Crippen LogP contribution in [0.3, 0.4) is 0 Å². The maximum absolute atomic E-state index is 12.3. The molecule has 0 N–H and O–H groups in total. The molecule has 102 valence electrons. The number of rotatable bonds is 3. The number of carbonyl (C=O) groups is 2. The third kappa shape index (κ3) is 2.85. The molecule has 0 bridgehead atoms. The Bertz CT molecular complexity index is 351. The molecule has 0 aromatic rings. The fourth-order valence-corrected chi connectivity index (χ4v) is 1.59. The van der Waals surface area contributed by atoms with Crippen LogP contribution in [0.1, 0.15) is 19.3 Å². The van der Waals surface area contributed by atoms with Crippen LogP contribution in [-0.4, -0.2) is 53.8 Å². The van der Waals surface area contributed by atoms with Crippen molar-refractivity contribution in [3.63, 3.8) is 0 Å². The van der Waals surface area contributed by atoms with Crippen molar-refractivity contribution in [2.45, 2.75) is 31.5 Å². The standard InChI is InChI=1S/C10H13F3N2O3/c11-10(12,13)8(16)15(7-2-3-7)6-18-9(17)14-4-1-5-14/h7H,1-6H2. The van der Waals surface area contributed by atoms with Gasteiger partial charge in [0, 0.05) is 19.1 Å². The third-order valence-corrected chi connectivity index (χ3v) is 2.93. The molecule has 2 fully saturated rings. The first-order valence-electron chi connectivity index (χ1n) is 5.69. The number of hydrogen-bond donors (Lipinski definition) is 0. The first-order chi connectivity index (χ1) is 8.39. The van der Waals surface area contributed by atoms with Crippen LogP contribution in [0.4, 0.5) is 18.0 Å². The molecule has 2 aliphatic rings. The molecule has 2 amide bonds. The summed E-state index contributed by atoms with van der Waals surface area (Å²) in [5.74, 6) is -1.94. The van der Waals surface area contributed by atoms with Gasteiger partial charge in [-0.05, 0) is 19.3 Å². The van der Waals surface area contributed by atoms with E-state index in [9.17, 15) is 22.8 Å². The Hall–Kier alpha value is -1.47. The highest BCUT2D eigenvalue weighted by molar-refractivity contribution is 5.82. The maximum atomic E-state index is 12.3. The summed E-state index contributed by atoms with van der Waals surface area (Å²) < 4.78 is 41.6. The van der Waals surface area contributed by atoms with E-state index in [1.54, 1.807) is 0 Å². The summed E-state index contributed by atoms with van der Waals surface area (Å²) in [6.07, 6.45) is -3.69. The lowest BCUT2D eigenvalue weighted by molar-refractivity contribution is -0.189. The van der Waals surface area contributed by atoms with Crippen molar-refractivity contribution in [2.24, 2.45) is 0 Å². The number of halogens is 3. The van der Waals surface area contributed by atoms with E-state index in [0.29, 0.717) is 30.8 Å².